The van der Waals surface area contributed by atoms with Gasteiger partial charge in [-0.3, -0.25) is 4.90 Å². The van der Waals surface area contributed by atoms with Gasteiger partial charge in [-0.2, -0.15) is 0 Å². The van der Waals surface area contributed by atoms with Crippen molar-refractivity contribution in [2.75, 3.05) is 6.54 Å². The molecule has 0 N–H and O–H groups in total. The van der Waals surface area contributed by atoms with Crippen LogP contribution in [0.4, 0.5) is 4.39 Å². The van der Waals surface area contributed by atoms with Gasteiger partial charge in [0.2, 0.25) is 0 Å². The van der Waals surface area contributed by atoms with E-state index in [2.05, 4.69) is 29.2 Å². The first kappa shape index (κ1) is 12.6. The number of halogens is 2. The summed E-state index contributed by atoms with van der Waals surface area (Å²) >= 11 is 6.08. The molecule has 0 fully saturated rings. The van der Waals surface area contributed by atoms with Crippen molar-refractivity contribution in [2.45, 2.75) is 19.5 Å². The Morgan fingerprint density at radius 1 is 1.05 bits per heavy atom. The highest BCUT2D eigenvalue weighted by atomic mass is 35.5. The van der Waals surface area contributed by atoms with Crippen molar-refractivity contribution in [1.82, 2.24) is 4.90 Å². The molecule has 1 heterocycles. The molecule has 1 aliphatic heterocycles. The maximum absolute atomic E-state index is 13.8. The molecule has 0 spiro atoms. The van der Waals surface area contributed by atoms with E-state index in [1.165, 1.54) is 17.2 Å². The molecule has 0 saturated heterocycles. The van der Waals surface area contributed by atoms with E-state index in [0.29, 0.717) is 17.1 Å². The lowest BCUT2D eigenvalue weighted by Crippen LogP contribution is -2.30. The van der Waals surface area contributed by atoms with Crippen molar-refractivity contribution in [3.05, 3.63) is 70.0 Å². The highest BCUT2D eigenvalue weighted by molar-refractivity contribution is 6.31. The quantitative estimate of drug-likeness (QED) is 0.800. The molecule has 0 amide bonds. The van der Waals surface area contributed by atoms with Crippen LogP contribution in [0.1, 0.15) is 16.7 Å². The van der Waals surface area contributed by atoms with Crippen LogP contribution in [0.25, 0.3) is 0 Å². The zero-order valence-corrected chi connectivity index (χ0v) is 11.3. The normalized spacial score (nSPS) is 15.3. The smallest absolute Gasteiger partial charge is 0.129 e. The average Bonchev–Trinajstić information content (AvgIpc) is 2.43. The molecule has 2 aromatic carbocycles. The molecule has 0 aromatic heterocycles. The van der Waals surface area contributed by atoms with E-state index in [1.54, 1.807) is 12.1 Å². The Balaban J connectivity index is 1.79. The highest BCUT2D eigenvalue weighted by Crippen LogP contribution is 2.24. The van der Waals surface area contributed by atoms with Crippen LogP contribution in [0, 0.1) is 5.82 Å². The number of hydrogen-bond donors (Lipinski definition) is 0. The van der Waals surface area contributed by atoms with E-state index >= 15 is 0 Å². The molecule has 1 nitrogen and oxygen atoms in total. The lowest BCUT2D eigenvalue weighted by Gasteiger charge is -2.29. The van der Waals surface area contributed by atoms with Crippen molar-refractivity contribution >= 4 is 11.6 Å². The zero-order chi connectivity index (χ0) is 13.2. The molecule has 0 unspecified atom stereocenters. The van der Waals surface area contributed by atoms with Crippen molar-refractivity contribution in [3.8, 4) is 0 Å². The first-order valence-corrected chi connectivity index (χ1v) is 6.84. The zero-order valence-electron chi connectivity index (χ0n) is 10.6. The molecular weight excluding hydrogens is 261 g/mol. The van der Waals surface area contributed by atoms with Gasteiger partial charge in [0.25, 0.3) is 0 Å². The maximum Gasteiger partial charge on any atom is 0.129 e. The first-order valence-electron chi connectivity index (χ1n) is 6.46. The Kier molecular flexibility index (Phi) is 3.54. The van der Waals surface area contributed by atoms with E-state index in [4.69, 9.17) is 11.6 Å². The van der Waals surface area contributed by atoms with E-state index in [0.717, 1.165) is 19.5 Å². The summed E-state index contributed by atoms with van der Waals surface area (Å²) in [5, 5.41) is 0.513. The Morgan fingerprint density at radius 3 is 2.63 bits per heavy atom. The molecule has 1 aliphatic rings. The molecule has 0 atom stereocenters. The fraction of sp³-hybridized carbons (Fsp3) is 0.250. The molecule has 3 rings (SSSR count). The van der Waals surface area contributed by atoms with Crippen molar-refractivity contribution in [3.63, 3.8) is 0 Å². The lowest BCUT2D eigenvalue weighted by molar-refractivity contribution is 0.242. The van der Waals surface area contributed by atoms with Gasteiger partial charge in [0.1, 0.15) is 5.82 Å². The van der Waals surface area contributed by atoms with Gasteiger partial charge in [-0.15, -0.1) is 0 Å². The van der Waals surface area contributed by atoms with E-state index in [1.807, 2.05) is 0 Å². The van der Waals surface area contributed by atoms with Crippen LogP contribution in [0.5, 0.6) is 0 Å². The topological polar surface area (TPSA) is 3.24 Å². The largest absolute Gasteiger partial charge is 0.294 e. The minimum atomic E-state index is -0.216. The van der Waals surface area contributed by atoms with Crippen LogP contribution in [-0.4, -0.2) is 11.4 Å². The SMILES string of the molecule is Fc1cccc(Cl)c1CN1CCc2ccccc2C1. The van der Waals surface area contributed by atoms with Crippen molar-refractivity contribution < 1.29 is 4.39 Å². The minimum Gasteiger partial charge on any atom is -0.294 e. The Bertz CT molecular complexity index is 577. The predicted molar refractivity (Wildman–Crippen MR) is 75.7 cm³/mol. The second kappa shape index (κ2) is 5.32. The second-order valence-electron chi connectivity index (χ2n) is 4.93. The van der Waals surface area contributed by atoms with Crippen LogP contribution < -0.4 is 0 Å². The summed E-state index contributed by atoms with van der Waals surface area (Å²) in [7, 11) is 0. The summed E-state index contributed by atoms with van der Waals surface area (Å²) in [4.78, 5) is 2.24. The van der Waals surface area contributed by atoms with E-state index < -0.39 is 0 Å². The van der Waals surface area contributed by atoms with Gasteiger partial charge < -0.3 is 0 Å². The number of benzene rings is 2. The summed E-state index contributed by atoms with van der Waals surface area (Å²) in [6.45, 7) is 2.38. The van der Waals surface area contributed by atoms with Crippen LogP contribution >= 0.6 is 11.6 Å². The highest BCUT2D eigenvalue weighted by Gasteiger charge is 2.18. The number of nitrogens with zero attached hydrogens (tertiary/aromatic N) is 1. The fourth-order valence-corrected chi connectivity index (χ4v) is 2.82. The Hall–Kier alpha value is -1.38. The van der Waals surface area contributed by atoms with Gasteiger partial charge >= 0.3 is 0 Å². The third-order valence-corrected chi connectivity index (χ3v) is 4.01. The molecule has 0 radical (unpaired) electrons. The fourth-order valence-electron chi connectivity index (χ4n) is 2.60. The molecule has 0 aliphatic carbocycles. The van der Waals surface area contributed by atoms with Gasteiger partial charge in [-0.1, -0.05) is 41.9 Å². The molecule has 2 aromatic rings. The van der Waals surface area contributed by atoms with Gasteiger partial charge in [0.15, 0.2) is 0 Å². The third-order valence-electron chi connectivity index (χ3n) is 3.65. The summed E-state index contributed by atoms with van der Waals surface area (Å²) in [5.41, 5.74) is 3.34. The second-order valence-corrected chi connectivity index (χ2v) is 5.34. The van der Waals surface area contributed by atoms with Crippen LogP contribution in [-0.2, 0) is 19.5 Å². The number of fused-ring (bicyclic) bond motifs is 1. The third kappa shape index (κ3) is 2.65. The predicted octanol–water partition coefficient (Wildman–Crippen LogP) is 4.04. The Labute approximate surface area is 117 Å². The molecule has 0 saturated carbocycles. The number of rotatable bonds is 2. The first-order chi connectivity index (χ1) is 9.24. The monoisotopic (exact) mass is 275 g/mol. The van der Waals surface area contributed by atoms with Crippen LogP contribution in [0.3, 0.4) is 0 Å². The molecular formula is C16H15ClFN. The lowest BCUT2D eigenvalue weighted by atomic mass is 9.99. The van der Waals surface area contributed by atoms with Crippen LogP contribution in [0.15, 0.2) is 42.5 Å². The minimum absolute atomic E-state index is 0.216. The van der Waals surface area contributed by atoms with Gasteiger partial charge in [-0.05, 0) is 29.7 Å². The maximum atomic E-state index is 13.8. The molecule has 3 heteroatoms. The summed E-state index contributed by atoms with van der Waals surface area (Å²) in [6.07, 6.45) is 1.02. The summed E-state index contributed by atoms with van der Waals surface area (Å²) in [5.74, 6) is -0.216. The van der Waals surface area contributed by atoms with Crippen molar-refractivity contribution in [1.29, 1.82) is 0 Å². The van der Waals surface area contributed by atoms with Crippen molar-refractivity contribution in [2.24, 2.45) is 0 Å². The standard InChI is InChI=1S/C16H15ClFN/c17-15-6-3-7-16(18)14(15)11-19-9-8-12-4-1-2-5-13(12)10-19/h1-7H,8-11H2. The van der Waals surface area contributed by atoms with Gasteiger partial charge in [0, 0.05) is 30.2 Å². The van der Waals surface area contributed by atoms with Gasteiger partial charge in [-0.25, -0.2) is 4.39 Å². The average molecular weight is 276 g/mol. The van der Waals surface area contributed by atoms with Gasteiger partial charge in [0.05, 0.1) is 0 Å². The van der Waals surface area contributed by atoms with E-state index in [9.17, 15) is 4.39 Å². The molecule has 98 valence electrons. The Morgan fingerprint density at radius 2 is 1.84 bits per heavy atom. The summed E-state index contributed by atoms with van der Waals surface area (Å²) < 4.78 is 13.8. The summed E-state index contributed by atoms with van der Waals surface area (Å²) in [6, 6.07) is 13.3. The van der Waals surface area contributed by atoms with Crippen LogP contribution in [0.2, 0.25) is 5.02 Å². The van der Waals surface area contributed by atoms with E-state index in [-0.39, 0.29) is 5.82 Å². The molecule has 19 heavy (non-hydrogen) atoms. The molecule has 0 bridgehead atoms. The number of hydrogen-bond acceptors (Lipinski definition) is 1.